The number of aromatic nitrogens is 2. The van der Waals surface area contributed by atoms with Gasteiger partial charge in [-0.05, 0) is 43.9 Å². The van der Waals surface area contributed by atoms with Crippen LogP contribution in [-0.2, 0) is 4.74 Å². The largest absolute Gasteiger partial charge is 0.399 e. The van der Waals surface area contributed by atoms with Crippen LogP contribution in [0, 0.1) is 12.9 Å². The van der Waals surface area contributed by atoms with Gasteiger partial charge in [-0.15, -0.1) is 5.10 Å². The molecule has 0 saturated carbocycles. The van der Waals surface area contributed by atoms with Gasteiger partial charge >= 0.3 is 0 Å². The Kier molecular flexibility index (Phi) is 2.70. The van der Waals surface area contributed by atoms with E-state index in [1.54, 1.807) is 10.7 Å². The summed E-state index contributed by atoms with van der Waals surface area (Å²) in [4.78, 5) is 0. The van der Waals surface area contributed by atoms with E-state index < -0.39 is 5.95 Å². The molecule has 1 atom stereocenters. The molecular weight excluding hydrogens is 233 g/mol. The highest BCUT2D eigenvalue weighted by molar-refractivity contribution is 5.85. The van der Waals surface area contributed by atoms with Crippen LogP contribution < -0.4 is 5.73 Å². The van der Waals surface area contributed by atoms with E-state index in [2.05, 4.69) is 5.10 Å². The molecule has 5 heteroatoms. The molecule has 1 saturated heterocycles. The highest BCUT2D eigenvalue weighted by atomic mass is 19.1. The highest BCUT2D eigenvalue weighted by Crippen LogP contribution is 2.30. The van der Waals surface area contributed by atoms with Crippen LogP contribution in [0.1, 0.15) is 31.1 Å². The van der Waals surface area contributed by atoms with E-state index in [1.807, 2.05) is 13.0 Å². The molecule has 2 heterocycles. The molecule has 0 amide bonds. The number of fused-ring (bicyclic) bond motifs is 1. The van der Waals surface area contributed by atoms with Gasteiger partial charge in [-0.3, -0.25) is 0 Å². The molecule has 0 aliphatic carbocycles. The average molecular weight is 249 g/mol. The summed E-state index contributed by atoms with van der Waals surface area (Å²) in [5.41, 5.74) is 8.02. The molecule has 18 heavy (non-hydrogen) atoms. The van der Waals surface area contributed by atoms with E-state index >= 15 is 0 Å². The van der Waals surface area contributed by atoms with Gasteiger partial charge in [0.25, 0.3) is 0 Å². The van der Waals surface area contributed by atoms with Crippen molar-refractivity contribution in [2.24, 2.45) is 0 Å². The molecule has 0 radical (unpaired) electrons. The summed E-state index contributed by atoms with van der Waals surface area (Å²) in [6.45, 7) is 2.63. The molecule has 1 unspecified atom stereocenters. The number of nitrogens with zero attached hydrogens (tertiary/aromatic N) is 2. The molecule has 96 valence electrons. The predicted molar refractivity (Wildman–Crippen MR) is 67.7 cm³/mol. The van der Waals surface area contributed by atoms with Gasteiger partial charge in [0, 0.05) is 12.3 Å². The van der Waals surface area contributed by atoms with Gasteiger partial charge in [0.15, 0.2) is 6.23 Å². The van der Waals surface area contributed by atoms with Crippen molar-refractivity contribution in [1.29, 1.82) is 0 Å². The van der Waals surface area contributed by atoms with Gasteiger partial charge in [0.05, 0.1) is 10.9 Å². The minimum absolute atomic E-state index is 0.159. The molecule has 1 aromatic carbocycles. The molecule has 2 N–H and O–H groups in total. The van der Waals surface area contributed by atoms with Gasteiger partial charge < -0.3 is 10.5 Å². The Morgan fingerprint density at radius 3 is 3.00 bits per heavy atom. The van der Waals surface area contributed by atoms with Crippen molar-refractivity contribution in [1.82, 2.24) is 9.78 Å². The molecular formula is C13H16FN3O. The molecule has 1 fully saturated rings. The summed E-state index contributed by atoms with van der Waals surface area (Å²) < 4.78 is 21.2. The zero-order valence-corrected chi connectivity index (χ0v) is 10.3. The molecule has 1 aromatic heterocycles. The molecule has 0 spiro atoms. The number of hydrogen-bond donors (Lipinski definition) is 1. The van der Waals surface area contributed by atoms with Crippen LogP contribution in [0.5, 0.6) is 0 Å². The number of nitrogen functional groups attached to an aromatic ring is 1. The standard InChI is InChI=1S/C13H16FN3O/c1-8-6-9(15)7-10-12(8)17(16-13(10)14)11-4-2-3-5-18-11/h6-7,11H,2-5,15H2,1H3. The normalized spacial score (nSPS) is 20.4. The van der Waals surface area contributed by atoms with Crippen LogP contribution in [0.25, 0.3) is 10.9 Å². The van der Waals surface area contributed by atoms with Gasteiger partial charge in [0.1, 0.15) is 0 Å². The predicted octanol–water partition coefficient (Wildman–Crippen LogP) is 2.77. The summed E-state index contributed by atoms with van der Waals surface area (Å²) >= 11 is 0. The number of halogens is 1. The maximum atomic E-state index is 13.9. The first-order valence-electron chi connectivity index (χ1n) is 6.22. The van der Waals surface area contributed by atoms with Gasteiger partial charge in [0.2, 0.25) is 5.95 Å². The van der Waals surface area contributed by atoms with E-state index in [0.717, 1.165) is 30.3 Å². The number of aryl methyl sites for hydroxylation is 1. The van der Waals surface area contributed by atoms with E-state index in [-0.39, 0.29) is 6.23 Å². The van der Waals surface area contributed by atoms with Crippen molar-refractivity contribution in [2.45, 2.75) is 32.4 Å². The summed E-state index contributed by atoms with van der Waals surface area (Å²) in [6.07, 6.45) is 2.86. The zero-order chi connectivity index (χ0) is 12.7. The topological polar surface area (TPSA) is 53.1 Å². The Hall–Kier alpha value is -1.62. The Balaban J connectivity index is 2.17. The summed E-state index contributed by atoms with van der Waals surface area (Å²) in [7, 11) is 0. The van der Waals surface area contributed by atoms with Crippen molar-refractivity contribution in [3.05, 3.63) is 23.6 Å². The maximum absolute atomic E-state index is 13.9. The molecule has 0 bridgehead atoms. The fourth-order valence-electron chi connectivity index (χ4n) is 2.59. The summed E-state index contributed by atoms with van der Waals surface area (Å²) in [6, 6.07) is 3.47. The lowest BCUT2D eigenvalue weighted by atomic mass is 10.1. The fourth-order valence-corrected chi connectivity index (χ4v) is 2.59. The maximum Gasteiger partial charge on any atom is 0.240 e. The molecule has 1 aliphatic rings. The van der Waals surface area contributed by atoms with Crippen molar-refractivity contribution in [3.8, 4) is 0 Å². The number of anilines is 1. The number of ether oxygens (including phenoxy) is 1. The first kappa shape index (κ1) is 11.5. The second-order valence-electron chi connectivity index (χ2n) is 4.79. The number of rotatable bonds is 1. The minimum Gasteiger partial charge on any atom is -0.399 e. The van der Waals surface area contributed by atoms with Crippen molar-refractivity contribution in [2.75, 3.05) is 12.3 Å². The smallest absolute Gasteiger partial charge is 0.240 e. The van der Waals surface area contributed by atoms with E-state index in [4.69, 9.17) is 10.5 Å². The first-order chi connectivity index (χ1) is 8.66. The minimum atomic E-state index is -0.477. The monoisotopic (exact) mass is 249 g/mol. The SMILES string of the molecule is Cc1cc(N)cc2c(F)nn(C3CCCCO3)c12. The molecule has 2 aromatic rings. The van der Waals surface area contributed by atoms with Crippen LogP contribution in [-0.4, -0.2) is 16.4 Å². The molecule has 1 aliphatic heterocycles. The third-order valence-electron chi connectivity index (χ3n) is 3.40. The Morgan fingerprint density at radius 1 is 1.44 bits per heavy atom. The second-order valence-corrected chi connectivity index (χ2v) is 4.79. The van der Waals surface area contributed by atoms with E-state index in [1.165, 1.54) is 0 Å². The van der Waals surface area contributed by atoms with Crippen LogP contribution in [0.2, 0.25) is 0 Å². The molecule has 3 rings (SSSR count). The van der Waals surface area contributed by atoms with Gasteiger partial charge in [-0.25, -0.2) is 4.68 Å². The lowest BCUT2D eigenvalue weighted by Gasteiger charge is -2.23. The van der Waals surface area contributed by atoms with Gasteiger partial charge in [-0.1, -0.05) is 0 Å². The van der Waals surface area contributed by atoms with Crippen LogP contribution in [0.3, 0.4) is 0 Å². The Labute approximate surface area is 105 Å². The van der Waals surface area contributed by atoms with Crippen molar-refractivity contribution >= 4 is 16.6 Å². The first-order valence-corrected chi connectivity index (χ1v) is 6.22. The lowest BCUT2D eigenvalue weighted by molar-refractivity contribution is -0.0375. The number of nitrogens with two attached hydrogens (primary N) is 1. The lowest BCUT2D eigenvalue weighted by Crippen LogP contribution is -2.19. The van der Waals surface area contributed by atoms with Crippen molar-refractivity contribution in [3.63, 3.8) is 0 Å². The third-order valence-corrected chi connectivity index (χ3v) is 3.40. The summed E-state index contributed by atoms with van der Waals surface area (Å²) in [5.74, 6) is -0.477. The Morgan fingerprint density at radius 2 is 2.28 bits per heavy atom. The zero-order valence-electron chi connectivity index (χ0n) is 10.3. The van der Waals surface area contributed by atoms with Crippen molar-refractivity contribution < 1.29 is 9.13 Å². The second kappa shape index (κ2) is 4.24. The van der Waals surface area contributed by atoms with Gasteiger partial charge in [-0.2, -0.15) is 4.39 Å². The highest BCUT2D eigenvalue weighted by Gasteiger charge is 2.22. The average Bonchev–Trinajstić information content (AvgIpc) is 2.68. The fraction of sp³-hybridized carbons (Fsp3) is 0.462. The number of hydrogen-bond acceptors (Lipinski definition) is 3. The summed E-state index contributed by atoms with van der Waals surface area (Å²) in [5, 5.41) is 4.46. The number of benzene rings is 1. The van der Waals surface area contributed by atoms with E-state index in [0.29, 0.717) is 17.7 Å². The quantitative estimate of drug-likeness (QED) is 0.791. The molecule has 4 nitrogen and oxygen atoms in total. The van der Waals surface area contributed by atoms with Crippen LogP contribution in [0.4, 0.5) is 10.1 Å². The van der Waals surface area contributed by atoms with Crippen LogP contribution >= 0.6 is 0 Å². The van der Waals surface area contributed by atoms with Crippen LogP contribution in [0.15, 0.2) is 12.1 Å². The third kappa shape index (κ3) is 1.75. The van der Waals surface area contributed by atoms with E-state index in [9.17, 15) is 4.39 Å². The Bertz CT molecular complexity index is 587.